The predicted molar refractivity (Wildman–Crippen MR) is 145 cm³/mol. The number of benzene rings is 4. The highest BCUT2D eigenvalue weighted by Gasteiger charge is 2.31. The molecule has 4 aromatic rings. The van der Waals surface area contributed by atoms with Crippen LogP contribution in [0.2, 0.25) is 0 Å². The first-order valence-corrected chi connectivity index (χ1v) is 13.0. The third-order valence-electron chi connectivity index (χ3n) is 7.18. The summed E-state index contributed by atoms with van der Waals surface area (Å²) in [5, 5.41) is 13.9. The van der Waals surface area contributed by atoms with Gasteiger partial charge in [-0.05, 0) is 58.1 Å². The van der Waals surface area contributed by atoms with E-state index >= 15 is 0 Å². The molecule has 1 aliphatic rings. The third-order valence-corrected chi connectivity index (χ3v) is 7.18. The molecule has 200 valence electrons. The molecule has 2 atom stereocenters. The molecule has 0 spiro atoms. The molecule has 1 amide bonds. The number of carbonyl (C=O) groups is 2. The molecular formula is C32H30NO6-. The second kappa shape index (κ2) is 12.0. The predicted octanol–water partition coefficient (Wildman–Crippen LogP) is 4.92. The average molecular weight is 525 g/mol. The Kier molecular flexibility index (Phi) is 8.08. The van der Waals surface area contributed by atoms with Gasteiger partial charge in [0, 0.05) is 19.0 Å². The van der Waals surface area contributed by atoms with Gasteiger partial charge in [-0.3, -0.25) is 0 Å². The van der Waals surface area contributed by atoms with Gasteiger partial charge in [-0.2, -0.15) is 0 Å². The second-order valence-corrected chi connectivity index (χ2v) is 9.69. The Bertz CT molecular complexity index is 1450. The summed E-state index contributed by atoms with van der Waals surface area (Å²) in [6.07, 6.45) is -0.874. The number of likely N-dealkylation sites (tertiary alicyclic amines) is 1. The maximum atomic E-state index is 12.4. The second-order valence-electron chi connectivity index (χ2n) is 9.69. The van der Waals surface area contributed by atoms with Crippen LogP contribution in [0.1, 0.15) is 39.4 Å². The molecule has 5 rings (SSSR count). The van der Waals surface area contributed by atoms with Gasteiger partial charge in [0.05, 0.1) is 25.4 Å². The molecule has 1 fully saturated rings. The van der Waals surface area contributed by atoms with E-state index in [9.17, 15) is 14.7 Å². The SMILES string of the molecule is COc1cccc(C(=O)OCc2ccc(C3CCN(C(=O)[O-])CC3OCc3ccc4ccccc4c3)cc2)c1. The average Bonchev–Trinajstić information content (AvgIpc) is 2.98. The molecule has 4 aromatic carbocycles. The molecule has 0 radical (unpaired) electrons. The fourth-order valence-electron chi connectivity index (χ4n) is 5.01. The highest BCUT2D eigenvalue weighted by Crippen LogP contribution is 2.32. The standard InChI is InChI=1S/C32H31NO6/c1-37-28-8-4-7-27(18-28)31(34)39-20-22-9-13-25(14-10-22)29-15-16-33(32(35)36)19-30(29)38-21-23-11-12-24-5-2-3-6-26(24)17-23/h2-14,17-18,29-30H,15-16,19-21H2,1H3,(H,35,36)/p-1. The summed E-state index contributed by atoms with van der Waals surface area (Å²) in [5.74, 6) is 0.195. The van der Waals surface area contributed by atoms with Gasteiger partial charge in [-0.15, -0.1) is 0 Å². The van der Waals surface area contributed by atoms with E-state index in [0.29, 0.717) is 30.9 Å². The zero-order chi connectivity index (χ0) is 27.2. The number of fused-ring (bicyclic) bond motifs is 1. The minimum Gasteiger partial charge on any atom is -0.530 e. The van der Waals surface area contributed by atoms with Crippen LogP contribution in [0, 0.1) is 0 Å². The van der Waals surface area contributed by atoms with Crippen molar-refractivity contribution in [2.45, 2.75) is 31.7 Å². The molecule has 1 saturated heterocycles. The Balaban J connectivity index is 1.24. The topological polar surface area (TPSA) is 88.1 Å². The number of esters is 1. The molecule has 0 N–H and O–H groups in total. The van der Waals surface area contributed by atoms with Crippen molar-refractivity contribution >= 4 is 22.8 Å². The van der Waals surface area contributed by atoms with Gasteiger partial charge < -0.3 is 29.0 Å². The molecule has 2 unspecified atom stereocenters. The maximum absolute atomic E-state index is 12.4. The van der Waals surface area contributed by atoms with Crippen LogP contribution in [0.25, 0.3) is 10.8 Å². The first-order chi connectivity index (χ1) is 19.0. The van der Waals surface area contributed by atoms with E-state index in [1.54, 1.807) is 31.4 Å². The van der Waals surface area contributed by atoms with Crippen molar-refractivity contribution in [2.24, 2.45) is 0 Å². The molecular weight excluding hydrogens is 494 g/mol. The van der Waals surface area contributed by atoms with Gasteiger partial charge in [-0.1, -0.05) is 66.7 Å². The van der Waals surface area contributed by atoms with Crippen molar-refractivity contribution in [1.82, 2.24) is 4.90 Å². The van der Waals surface area contributed by atoms with Gasteiger partial charge >= 0.3 is 5.97 Å². The van der Waals surface area contributed by atoms with E-state index in [1.165, 1.54) is 4.90 Å². The summed E-state index contributed by atoms with van der Waals surface area (Å²) >= 11 is 0. The van der Waals surface area contributed by atoms with E-state index in [2.05, 4.69) is 24.3 Å². The number of nitrogens with zero attached hydrogens (tertiary/aromatic N) is 1. The Labute approximate surface area is 227 Å². The number of ether oxygens (including phenoxy) is 3. The Morgan fingerprint density at radius 1 is 0.872 bits per heavy atom. The lowest BCUT2D eigenvalue weighted by atomic mass is 9.86. The number of piperidine rings is 1. The van der Waals surface area contributed by atoms with Crippen molar-refractivity contribution in [1.29, 1.82) is 0 Å². The van der Waals surface area contributed by atoms with Gasteiger partial charge in [0.1, 0.15) is 18.4 Å². The number of carboxylic acid groups (broad SMARTS) is 1. The van der Waals surface area contributed by atoms with Gasteiger partial charge in [0.2, 0.25) is 0 Å². The van der Waals surface area contributed by atoms with Crippen LogP contribution in [-0.2, 0) is 22.7 Å². The number of methoxy groups -OCH3 is 1. The van der Waals surface area contributed by atoms with Crippen LogP contribution in [0.5, 0.6) is 5.75 Å². The van der Waals surface area contributed by atoms with Crippen molar-refractivity contribution in [3.05, 3.63) is 113 Å². The van der Waals surface area contributed by atoms with Gasteiger partial charge in [0.15, 0.2) is 0 Å². The molecule has 39 heavy (non-hydrogen) atoms. The Morgan fingerprint density at radius 2 is 1.64 bits per heavy atom. The number of rotatable bonds is 8. The van der Waals surface area contributed by atoms with Crippen LogP contribution in [-0.4, -0.2) is 43.3 Å². The third kappa shape index (κ3) is 6.38. The molecule has 1 aliphatic heterocycles. The van der Waals surface area contributed by atoms with Crippen molar-refractivity contribution in [2.75, 3.05) is 20.2 Å². The minimum atomic E-state index is -1.18. The van der Waals surface area contributed by atoms with Crippen molar-refractivity contribution in [3.63, 3.8) is 0 Å². The van der Waals surface area contributed by atoms with Crippen LogP contribution < -0.4 is 9.84 Å². The van der Waals surface area contributed by atoms with Crippen LogP contribution in [0.15, 0.2) is 91.0 Å². The van der Waals surface area contributed by atoms with E-state index in [-0.39, 0.29) is 25.2 Å². The minimum absolute atomic E-state index is 0.0226. The Morgan fingerprint density at radius 3 is 2.41 bits per heavy atom. The molecule has 0 saturated carbocycles. The maximum Gasteiger partial charge on any atom is 0.338 e. The molecule has 1 heterocycles. The van der Waals surface area contributed by atoms with Crippen molar-refractivity contribution in [3.8, 4) is 5.75 Å². The summed E-state index contributed by atoms with van der Waals surface area (Å²) in [5.41, 5.74) is 3.37. The van der Waals surface area contributed by atoms with Crippen LogP contribution in [0.3, 0.4) is 0 Å². The number of carbonyl (C=O) groups excluding carboxylic acids is 2. The number of hydrogen-bond donors (Lipinski definition) is 0. The van der Waals surface area contributed by atoms with Crippen molar-refractivity contribution < 1.29 is 28.9 Å². The lowest BCUT2D eigenvalue weighted by molar-refractivity contribution is -0.268. The fraction of sp³-hybridized carbons (Fsp3) is 0.250. The summed E-state index contributed by atoms with van der Waals surface area (Å²) in [7, 11) is 1.55. The molecule has 0 bridgehead atoms. The molecule has 0 aliphatic carbocycles. The molecule has 7 nitrogen and oxygen atoms in total. The smallest absolute Gasteiger partial charge is 0.338 e. The largest absolute Gasteiger partial charge is 0.530 e. The van der Waals surface area contributed by atoms with Crippen LogP contribution in [0.4, 0.5) is 4.79 Å². The van der Waals surface area contributed by atoms with Gasteiger partial charge in [0.25, 0.3) is 0 Å². The highest BCUT2D eigenvalue weighted by atomic mass is 16.5. The van der Waals surface area contributed by atoms with E-state index in [0.717, 1.165) is 27.5 Å². The first-order valence-electron chi connectivity index (χ1n) is 13.0. The monoisotopic (exact) mass is 524 g/mol. The molecule has 7 heteroatoms. The zero-order valence-electron chi connectivity index (χ0n) is 21.7. The normalized spacial score (nSPS) is 17.1. The quantitative estimate of drug-likeness (QED) is 0.304. The molecule has 0 aromatic heterocycles. The summed E-state index contributed by atoms with van der Waals surface area (Å²) in [6.45, 7) is 1.16. The fourth-order valence-corrected chi connectivity index (χ4v) is 5.01. The van der Waals surface area contributed by atoms with Crippen LogP contribution >= 0.6 is 0 Å². The van der Waals surface area contributed by atoms with E-state index < -0.39 is 12.1 Å². The zero-order valence-corrected chi connectivity index (χ0v) is 21.7. The lowest BCUT2D eigenvalue weighted by Gasteiger charge is -2.40. The first kappa shape index (κ1) is 26.3. The van der Waals surface area contributed by atoms with E-state index in [1.807, 2.05) is 42.5 Å². The number of hydrogen-bond acceptors (Lipinski definition) is 6. The number of amides is 1. The lowest BCUT2D eigenvalue weighted by Crippen LogP contribution is -2.51. The van der Waals surface area contributed by atoms with E-state index in [4.69, 9.17) is 14.2 Å². The summed E-state index contributed by atoms with van der Waals surface area (Å²) in [4.78, 5) is 25.3. The summed E-state index contributed by atoms with van der Waals surface area (Å²) in [6, 6.07) is 29.1. The summed E-state index contributed by atoms with van der Waals surface area (Å²) < 4.78 is 17.0. The Hall–Kier alpha value is -4.36. The van der Waals surface area contributed by atoms with Gasteiger partial charge in [-0.25, -0.2) is 4.79 Å². The highest BCUT2D eigenvalue weighted by molar-refractivity contribution is 5.89.